The smallest absolute Gasteiger partial charge is 0.418 e. The SMILES string of the molecule is C=CC(NCCO)S(=O)(=O)c1ccc2ccn(C(=O)O)c(=O)c2c1. The second-order valence-electron chi connectivity index (χ2n) is 4.90. The third-order valence-corrected chi connectivity index (χ3v) is 5.36. The molecule has 0 saturated heterocycles. The lowest BCUT2D eigenvalue weighted by Gasteiger charge is -2.15. The van der Waals surface area contributed by atoms with Gasteiger partial charge >= 0.3 is 6.09 Å². The number of carbonyl (C=O) groups is 1. The Bertz CT molecular complexity index is 948. The molecule has 0 amide bonds. The fourth-order valence-electron chi connectivity index (χ4n) is 2.22. The second kappa shape index (κ2) is 6.95. The molecule has 3 N–H and O–H groups in total. The van der Waals surface area contributed by atoms with E-state index in [9.17, 15) is 18.0 Å². The molecule has 1 aromatic carbocycles. The van der Waals surface area contributed by atoms with Crippen molar-refractivity contribution in [3.8, 4) is 0 Å². The maximum atomic E-state index is 12.6. The van der Waals surface area contributed by atoms with Crippen LogP contribution in [0.3, 0.4) is 0 Å². The molecule has 0 fully saturated rings. The monoisotopic (exact) mass is 352 g/mol. The van der Waals surface area contributed by atoms with Gasteiger partial charge in [-0.3, -0.25) is 10.1 Å². The summed E-state index contributed by atoms with van der Waals surface area (Å²) >= 11 is 0. The Balaban J connectivity index is 2.61. The zero-order valence-corrected chi connectivity index (χ0v) is 13.4. The van der Waals surface area contributed by atoms with Crippen molar-refractivity contribution in [2.45, 2.75) is 10.3 Å². The van der Waals surface area contributed by atoms with E-state index < -0.39 is 26.9 Å². The van der Waals surface area contributed by atoms with E-state index in [0.717, 1.165) is 12.3 Å². The molecule has 8 nitrogen and oxygen atoms in total. The Hall–Kier alpha value is -2.49. The maximum absolute atomic E-state index is 12.6. The highest BCUT2D eigenvalue weighted by Gasteiger charge is 2.25. The molecule has 24 heavy (non-hydrogen) atoms. The van der Waals surface area contributed by atoms with Crippen molar-refractivity contribution in [2.24, 2.45) is 0 Å². The van der Waals surface area contributed by atoms with Gasteiger partial charge in [-0.2, -0.15) is 0 Å². The number of hydrogen-bond donors (Lipinski definition) is 3. The molecule has 0 saturated carbocycles. The van der Waals surface area contributed by atoms with Crippen LogP contribution in [0.1, 0.15) is 0 Å². The highest BCUT2D eigenvalue weighted by molar-refractivity contribution is 7.92. The van der Waals surface area contributed by atoms with Crippen molar-refractivity contribution in [1.29, 1.82) is 0 Å². The Labute approximate surface area is 137 Å². The molecule has 0 radical (unpaired) electrons. The standard InChI is InChI=1S/C15H16N2O6S/c1-2-13(16-6-8-18)24(22,23)11-4-3-10-5-7-17(15(20)21)14(19)12(10)9-11/h2-5,7,9,13,16,18H,1,6,8H2,(H,20,21). The number of sulfone groups is 1. The fraction of sp³-hybridized carbons (Fsp3) is 0.200. The third-order valence-electron chi connectivity index (χ3n) is 3.42. The van der Waals surface area contributed by atoms with Crippen LogP contribution in [0.2, 0.25) is 0 Å². The van der Waals surface area contributed by atoms with E-state index in [2.05, 4.69) is 11.9 Å². The number of nitrogens with one attached hydrogen (secondary N) is 1. The Morgan fingerprint density at radius 3 is 2.67 bits per heavy atom. The number of aliphatic hydroxyl groups excluding tert-OH is 1. The second-order valence-corrected chi connectivity index (χ2v) is 6.97. The summed E-state index contributed by atoms with van der Waals surface area (Å²) in [6.45, 7) is 3.26. The molecule has 0 aliphatic rings. The van der Waals surface area contributed by atoms with Gasteiger partial charge in [-0.05, 0) is 23.6 Å². The van der Waals surface area contributed by atoms with Crippen molar-refractivity contribution in [3.63, 3.8) is 0 Å². The lowest BCUT2D eigenvalue weighted by Crippen LogP contribution is -2.36. The molecule has 1 heterocycles. The van der Waals surface area contributed by atoms with E-state index in [4.69, 9.17) is 10.2 Å². The van der Waals surface area contributed by atoms with Gasteiger partial charge in [0.25, 0.3) is 5.56 Å². The molecule has 1 atom stereocenters. The van der Waals surface area contributed by atoms with Gasteiger partial charge < -0.3 is 10.2 Å². The molecular formula is C15H16N2O6S. The minimum absolute atomic E-state index is 0.0223. The molecule has 0 aliphatic carbocycles. The van der Waals surface area contributed by atoms with Crippen molar-refractivity contribution < 1.29 is 23.4 Å². The van der Waals surface area contributed by atoms with Gasteiger partial charge in [0.15, 0.2) is 9.84 Å². The van der Waals surface area contributed by atoms with E-state index in [-0.39, 0.29) is 23.4 Å². The Morgan fingerprint density at radius 2 is 2.08 bits per heavy atom. The molecule has 1 unspecified atom stereocenters. The van der Waals surface area contributed by atoms with Crippen LogP contribution in [-0.4, -0.2) is 47.8 Å². The quantitative estimate of drug-likeness (QED) is 0.642. The number of benzene rings is 1. The summed E-state index contributed by atoms with van der Waals surface area (Å²) in [5.74, 6) is 0. The first kappa shape index (κ1) is 17.9. The topological polar surface area (TPSA) is 126 Å². The number of pyridine rings is 1. The molecule has 1 aromatic heterocycles. The zero-order chi connectivity index (χ0) is 17.9. The van der Waals surface area contributed by atoms with E-state index >= 15 is 0 Å². The van der Waals surface area contributed by atoms with Crippen LogP contribution in [0.15, 0.2) is 52.8 Å². The minimum atomic E-state index is -3.90. The summed E-state index contributed by atoms with van der Waals surface area (Å²) in [4.78, 5) is 23.0. The molecule has 128 valence electrons. The number of aromatic nitrogens is 1. The highest BCUT2D eigenvalue weighted by Crippen LogP contribution is 2.20. The van der Waals surface area contributed by atoms with Gasteiger partial charge in [0, 0.05) is 18.1 Å². The van der Waals surface area contributed by atoms with Crippen LogP contribution in [-0.2, 0) is 9.84 Å². The van der Waals surface area contributed by atoms with Crippen molar-refractivity contribution >= 4 is 26.7 Å². The lowest BCUT2D eigenvalue weighted by molar-refractivity contribution is 0.195. The molecule has 0 spiro atoms. The first-order valence-corrected chi connectivity index (χ1v) is 8.47. The molecule has 0 aliphatic heterocycles. The fourth-order valence-corrected chi connectivity index (χ4v) is 3.64. The maximum Gasteiger partial charge on any atom is 0.418 e. The van der Waals surface area contributed by atoms with Crippen LogP contribution in [0.5, 0.6) is 0 Å². The van der Waals surface area contributed by atoms with E-state index in [1.807, 2.05) is 0 Å². The average molecular weight is 352 g/mol. The largest absolute Gasteiger partial charge is 0.464 e. The summed E-state index contributed by atoms with van der Waals surface area (Å²) in [5.41, 5.74) is -0.824. The minimum Gasteiger partial charge on any atom is -0.464 e. The number of aliphatic hydroxyl groups is 1. The molecular weight excluding hydrogens is 336 g/mol. The summed E-state index contributed by atoms with van der Waals surface area (Å²) < 4.78 is 25.7. The van der Waals surface area contributed by atoms with Crippen LogP contribution < -0.4 is 10.9 Å². The Kier molecular flexibility index (Phi) is 5.17. The number of hydrogen-bond acceptors (Lipinski definition) is 6. The van der Waals surface area contributed by atoms with Crippen LogP contribution >= 0.6 is 0 Å². The van der Waals surface area contributed by atoms with Gasteiger partial charge in [0.05, 0.1) is 11.5 Å². The third kappa shape index (κ3) is 3.23. The number of fused-ring (bicyclic) bond motifs is 1. The summed E-state index contributed by atoms with van der Waals surface area (Å²) in [6.07, 6.45) is 0.829. The van der Waals surface area contributed by atoms with E-state index in [1.165, 1.54) is 24.3 Å². The van der Waals surface area contributed by atoms with Gasteiger partial charge in [0.2, 0.25) is 0 Å². The first-order chi connectivity index (χ1) is 11.3. The zero-order valence-electron chi connectivity index (χ0n) is 12.5. The average Bonchev–Trinajstić information content (AvgIpc) is 2.55. The lowest BCUT2D eigenvalue weighted by atomic mass is 10.2. The van der Waals surface area contributed by atoms with Crippen molar-refractivity contribution in [1.82, 2.24) is 9.88 Å². The Morgan fingerprint density at radius 1 is 1.38 bits per heavy atom. The normalized spacial score (nSPS) is 12.9. The molecule has 2 aromatic rings. The summed E-state index contributed by atoms with van der Waals surface area (Å²) in [6, 6.07) is 5.32. The van der Waals surface area contributed by atoms with Gasteiger partial charge in [0.1, 0.15) is 5.37 Å². The summed E-state index contributed by atoms with van der Waals surface area (Å²) in [5, 5.41) is 19.7. The number of rotatable bonds is 6. The van der Waals surface area contributed by atoms with Gasteiger partial charge in [-0.1, -0.05) is 12.1 Å². The van der Waals surface area contributed by atoms with E-state index in [1.54, 1.807) is 0 Å². The number of carboxylic acid groups (broad SMARTS) is 1. The van der Waals surface area contributed by atoms with Gasteiger partial charge in [-0.25, -0.2) is 17.8 Å². The van der Waals surface area contributed by atoms with E-state index in [0.29, 0.717) is 9.95 Å². The van der Waals surface area contributed by atoms with Gasteiger partial charge in [-0.15, -0.1) is 6.58 Å². The number of nitrogens with zero attached hydrogens (tertiary/aromatic N) is 1. The first-order valence-electron chi connectivity index (χ1n) is 6.92. The predicted octanol–water partition coefficient (Wildman–Crippen LogP) is 0.395. The summed E-state index contributed by atoms with van der Waals surface area (Å²) in [7, 11) is -3.90. The molecule has 9 heteroatoms. The van der Waals surface area contributed by atoms with Crippen LogP contribution in [0.25, 0.3) is 10.8 Å². The molecule has 2 rings (SSSR count). The predicted molar refractivity (Wildman–Crippen MR) is 87.9 cm³/mol. The van der Waals surface area contributed by atoms with Crippen molar-refractivity contribution in [2.75, 3.05) is 13.2 Å². The van der Waals surface area contributed by atoms with Crippen LogP contribution in [0.4, 0.5) is 4.79 Å². The highest BCUT2D eigenvalue weighted by atomic mass is 32.2. The van der Waals surface area contributed by atoms with Crippen molar-refractivity contribution in [3.05, 3.63) is 53.5 Å². The molecule has 0 bridgehead atoms. The van der Waals surface area contributed by atoms with Crippen LogP contribution in [0, 0.1) is 0 Å².